The van der Waals surface area contributed by atoms with Gasteiger partial charge in [0.2, 0.25) is 0 Å². The number of hydrogen-bond donors (Lipinski definition) is 0. The Hall–Kier alpha value is -1.22. The summed E-state index contributed by atoms with van der Waals surface area (Å²) in [5.41, 5.74) is 0. The molecule has 0 radical (unpaired) electrons. The second-order valence-electron chi connectivity index (χ2n) is 3.97. The highest BCUT2D eigenvalue weighted by atomic mass is 19.4. The van der Waals surface area contributed by atoms with Crippen LogP contribution in [0.2, 0.25) is 0 Å². The Morgan fingerprint density at radius 2 is 0.850 bits per heavy atom. The topological polar surface area (TPSA) is 34.1 Å². The average Bonchev–Trinajstić information content (AvgIpc) is 2.33. The Balaban J connectivity index is 5.42. The van der Waals surface area contributed by atoms with Gasteiger partial charge in [0, 0.05) is 25.7 Å². The summed E-state index contributed by atoms with van der Waals surface area (Å²) >= 11 is 0. The van der Waals surface area contributed by atoms with Crippen molar-refractivity contribution in [3.63, 3.8) is 0 Å². The fraction of sp³-hybridized carbons (Fsp3) is 0.800. The van der Waals surface area contributed by atoms with Gasteiger partial charge in [-0.3, -0.25) is 0 Å². The molecule has 0 atom stereocenters. The average molecular weight is 314 g/mol. The smallest absolute Gasteiger partial charge is 0.303 e. The summed E-state index contributed by atoms with van der Waals surface area (Å²) < 4.78 is 104. The van der Waals surface area contributed by atoms with Crippen molar-refractivity contribution in [1.29, 1.82) is 0 Å². The van der Waals surface area contributed by atoms with Gasteiger partial charge in [-0.2, -0.15) is 35.1 Å². The second-order valence-corrected chi connectivity index (χ2v) is 3.97. The van der Waals surface area contributed by atoms with Crippen LogP contribution in [0, 0.1) is 0 Å². The van der Waals surface area contributed by atoms with E-state index in [9.17, 15) is 44.7 Å². The van der Waals surface area contributed by atoms with E-state index in [-0.39, 0.29) is 12.6 Å². The first-order chi connectivity index (χ1) is 8.87. The van der Waals surface area contributed by atoms with E-state index in [1.807, 2.05) is 0 Å². The molecule has 0 aliphatic heterocycles. The summed E-state index contributed by atoms with van der Waals surface area (Å²) in [4.78, 5) is 19.6. The van der Waals surface area contributed by atoms with E-state index in [1.54, 1.807) is 0 Å². The fourth-order valence-electron chi connectivity index (χ4n) is 1.25. The highest BCUT2D eigenvalue weighted by Crippen LogP contribution is 2.54. The SMILES string of the molecule is O=CCCC(F)(F)C(F)(F)C(F)(F)C(F)(F)CCC=O. The molecule has 0 aromatic heterocycles. The predicted molar refractivity (Wildman–Crippen MR) is 50.4 cm³/mol. The van der Waals surface area contributed by atoms with Crippen LogP contribution in [0.25, 0.3) is 0 Å². The lowest BCUT2D eigenvalue weighted by Gasteiger charge is -2.36. The predicted octanol–water partition coefficient (Wildman–Crippen LogP) is 3.49. The van der Waals surface area contributed by atoms with E-state index >= 15 is 0 Å². The minimum absolute atomic E-state index is 0.229. The number of rotatable bonds is 9. The molecule has 20 heavy (non-hydrogen) atoms. The van der Waals surface area contributed by atoms with E-state index in [1.165, 1.54) is 0 Å². The largest absolute Gasteiger partial charge is 0.378 e. The number of alkyl halides is 8. The Bertz CT molecular complexity index is 319. The van der Waals surface area contributed by atoms with Crippen LogP contribution in [0.15, 0.2) is 0 Å². The van der Waals surface area contributed by atoms with Crippen LogP contribution in [0.5, 0.6) is 0 Å². The van der Waals surface area contributed by atoms with E-state index in [0.717, 1.165) is 0 Å². The van der Waals surface area contributed by atoms with Crippen molar-refractivity contribution < 1.29 is 44.7 Å². The molecule has 0 saturated heterocycles. The van der Waals surface area contributed by atoms with Gasteiger partial charge in [0.1, 0.15) is 12.6 Å². The van der Waals surface area contributed by atoms with Crippen molar-refractivity contribution in [3.05, 3.63) is 0 Å². The fourth-order valence-corrected chi connectivity index (χ4v) is 1.25. The zero-order valence-electron chi connectivity index (χ0n) is 9.82. The summed E-state index contributed by atoms with van der Waals surface area (Å²) in [6, 6.07) is 0. The monoisotopic (exact) mass is 314 g/mol. The van der Waals surface area contributed by atoms with Gasteiger partial charge in [-0.25, -0.2) is 0 Å². The molecule has 0 N–H and O–H groups in total. The quantitative estimate of drug-likeness (QED) is 0.482. The summed E-state index contributed by atoms with van der Waals surface area (Å²) in [7, 11) is 0. The Labute approximate surface area is 108 Å². The molecule has 0 aromatic rings. The Kier molecular flexibility index (Phi) is 5.68. The molecule has 0 saturated carbocycles. The first-order valence-electron chi connectivity index (χ1n) is 5.26. The Morgan fingerprint density at radius 3 is 1.05 bits per heavy atom. The number of aldehydes is 2. The van der Waals surface area contributed by atoms with E-state index in [2.05, 4.69) is 0 Å². The summed E-state index contributed by atoms with van der Waals surface area (Å²) in [5.74, 6) is -23.7. The molecule has 0 spiro atoms. The molecule has 0 heterocycles. The highest BCUT2D eigenvalue weighted by Gasteiger charge is 2.79. The Morgan fingerprint density at radius 1 is 0.600 bits per heavy atom. The zero-order valence-corrected chi connectivity index (χ0v) is 9.82. The first-order valence-corrected chi connectivity index (χ1v) is 5.26. The second kappa shape index (κ2) is 6.04. The molecular formula is C10H10F8O2. The zero-order chi connectivity index (χ0) is 16.2. The molecule has 0 unspecified atom stereocenters. The van der Waals surface area contributed by atoms with Crippen molar-refractivity contribution in [2.75, 3.05) is 0 Å². The van der Waals surface area contributed by atoms with Gasteiger partial charge >= 0.3 is 23.7 Å². The molecule has 0 aliphatic carbocycles. The van der Waals surface area contributed by atoms with Gasteiger partial charge in [0.05, 0.1) is 0 Å². The molecular weight excluding hydrogens is 304 g/mol. The van der Waals surface area contributed by atoms with E-state index < -0.39 is 49.4 Å². The highest BCUT2D eigenvalue weighted by molar-refractivity contribution is 5.49. The first kappa shape index (κ1) is 18.8. The van der Waals surface area contributed by atoms with E-state index in [4.69, 9.17) is 0 Å². The molecule has 0 aliphatic rings. The number of halogens is 8. The summed E-state index contributed by atoms with van der Waals surface area (Å²) in [6.45, 7) is 0. The standard InChI is InChI=1S/C10H10F8O2/c11-7(12,3-1-5-19)9(15,16)10(17,18)8(13,14)4-2-6-20/h5-6H,1-4H2. The van der Waals surface area contributed by atoms with Crippen LogP contribution in [0.3, 0.4) is 0 Å². The number of carbonyl (C=O) groups is 2. The van der Waals surface area contributed by atoms with Gasteiger partial charge in [-0.05, 0) is 0 Å². The van der Waals surface area contributed by atoms with Crippen LogP contribution in [-0.4, -0.2) is 36.3 Å². The van der Waals surface area contributed by atoms with Gasteiger partial charge in [0.25, 0.3) is 0 Å². The minimum Gasteiger partial charge on any atom is -0.303 e. The number of hydrogen-bond acceptors (Lipinski definition) is 2. The molecule has 0 aromatic carbocycles. The van der Waals surface area contributed by atoms with Crippen LogP contribution >= 0.6 is 0 Å². The maximum atomic E-state index is 13.0. The molecule has 118 valence electrons. The van der Waals surface area contributed by atoms with E-state index in [0.29, 0.717) is 0 Å². The van der Waals surface area contributed by atoms with Crippen molar-refractivity contribution in [1.82, 2.24) is 0 Å². The van der Waals surface area contributed by atoms with Crippen molar-refractivity contribution >= 4 is 12.6 Å². The van der Waals surface area contributed by atoms with Crippen LogP contribution in [0.4, 0.5) is 35.1 Å². The molecule has 10 heteroatoms. The number of carbonyl (C=O) groups excluding carboxylic acids is 2. The van der Waals surface area contributed by atoms with Crippen molar-refractivity contribution in [3.8, 4) is 0 Å². The van der Waals surface area contributed by atoms with Gasteiger partial charge in [-0.15, -0.1) is 0 Å². The molecule has 0 fully saturated rings. The summed E-state index contributed by atoms with van der Waals surface area (Å²) in [6.07, 6.45) is -6.85. The third-order valence-corrected chi connectivity index (χ3v) is 2.47. The molecule has 0 rings (SSSR count). The third kappa shape index (κ3) is 3.26. The van der Waals surface area contributed by atoms with Gasteiger partial charge < -0.3 is 9.59 Å². The van der Waals surface area contributed by atoms with Crippen LogP contribution in [0.1, 0.15) is 25.7 Å². The van der Waals surface area contributed by atoms with Crippen molar-refractivity contribution in [2.45, 2.75) is 49.4 Å². The van der Waals surface area contributed by atoms with Crippen LogP contribution < -0.4 is 0 Å². The van der Waals surface area contributed by atoms with Crippen molar-refractivity contribution in [2.24, 2.45) is 0 Å². The lowest BCUT2D eigenvalue weighted by molar-refractivity contribution is -0.367. The maximum absolute atomic E-state index is 13.0. The molecule has 0 bridgehead atoms. The van der Waals surface area contributed by atoms with Gasteiger partial charge in [-0.1, -0.05) is 0 Å². The maximum Gasteiger partial charge on any atom is 0.378 e. The normalized spacial score (nSPS) is 14.2. The third-order valence-electron chi connectivity index (χ3n) is 2.47. The lowest BCUT2D eigenvalue weighted by Crippen LogP contribution is -2.62. The van der Waals surface area contributed by atoms with Gasteiger partial charge in [0.15, 0.2) is 0 Å². The minimum atomic E-state index is -6.37. The molecule has 0 amide bonds. The molecule has 2 nitrogen and oxygen atoms in total. The lowest BCUT2D eigenvalue weighted by atomic mass is 9.93. The summed E-state index contributed by atoms with van der Waals surface area (Å²) in [5, 5.41) is 0. The van der Waals surface area contributed by atoms with Crippen LogP contribution in [-0.2, 0) is 9.59 Å².